The van der Waals surface area contributed by atoms with Gasteiger partial charge in [0.25, 0.3) is 0 Å². The summed E-state index contributed by atoms with van der Waals surface area (Å²) in [5, 5.41) is 15.3. The van der Waals surface area contributed by atoms with E-state index in [4.69, 9.17) is 21.5 Å². The summed E-state index contributed by atoms with van der Waals surface area (Å²) in [7, 11) is -2.08. The zero-order chi connectivity index (χ0) is 28.1. The number of sulfonamides is 1. The van der Waals surface area contributed by atoms with E-state index in [-0.39, 0.29) is 10.8 Å². The Labute approximate surface area is 240 Å². The Hall–Kier alpha value is -3.16. The first-order valence-electron chi connectivity index (χ1n) is 13.3. The molecule has 5 rings (SSSR count). The third-order valence-electron chi connectivity index (χ3n) is 7.30. The number of piperazine rings is 1. The molecule has 0 atom stereocenters. The second-order valence-corrected chi connectivity index (χ2v) is 12.0. The first kappa shape index (κ1) is 28.4. The van der Waals surface area contributed by atoms with Gasteiger partial charge in [-0.1, -0.05) is 29.8 Å². The number of methoxy groups -OCH3 is 1. The van der Waals surface area contributed by atoms with E-state index in [0.717, 1.165) is 57.8 Å². The number of primary sulfonamides is 1. The van der Waals surface area contributed by atoms with E-state index >= 15 is 0 Å². The summed E-state index contributed by atoms with van der Waals surface area (Å²) in [4.78, 5) is 13.9. The lowest BCUT2D eigenvalue weighted by atomic mass is 10.0. The molecule has 2 fully saturated rings. The van der Waals surface area contributed by atoms with E-state index in [0.29, 0.717) is 40.5 Å². The van der Waals surface area contributed by atoms with Crippen LogP contribution in [0.2, 0.25) is 5.02 Å². The maximum absolute atomic E-state index is 11.7. The van der Waals surface area contributed by atoms with Crippen molar-refractivity contribution in [1.82, 2.24) is 20.2 Å². The minimum atomic E-state index is -3.72. The van der Waals surface area contributed by atoms with Crippen LogP contribution >= 0.6 is 11.6 Å². The molecule has 13 heteroatoms. The Morgan fingerprint density at radius 1 is 1.07 bits per heavy atom. The molecule has 0 amide bonds. The number of nitrogens with one attached hydrogen (secondary N) is 3. The number of hydrogen-bond acceptors (Lipinski definition) is 10. The van der Waals surface area contributed by atoms with Gasteiger partial charge in [-0.2, -0.15) is 4.98 Å². The summed E-state index contributed by atoms with van der Waals surface area (Å²) in [5.74, 6) is 0.983. The topological polar surface area (TPSA) is 138 Å². The molecular formula is C27H35ClN8O3S. The number of aromatic nitrogens is 2. The van der Waals surface area contributed by atoms with E-state index in [2.05, 4.69) is 41.8 Å². The van der Waals surface area contributed by atoms with E-state index in [9.17, 15) is 8.42 Å². The zero-order valence-corrected chi connectivity index (χ0v) is 24.0. The van der Waals surface area contributed by atoms with E-state index in [1.54, 1.807) is 31.4 Å². The molecule has 0 bridgehead atoms. The maximum atomic E-state index is 11.7. The van der Waals surface area contributed by atoms with E-state index < -0.39 is 10.0 Å². The highest BCUT2D eigenvalue weighted by Gasteiger charge is 2.26. The summed E-state index contributed by atoms with van der Waals surface area (Å²) in [6, 6.07) is 13.7. The SMILES string of the molecule is COc1cc(N2CCC(N3CCNCC3)CC2)ccc1Nc1ncc(Cl)c(Nc2ccccc2CS(N)(=O)=O)n1. The fourth-order valence-corrected chi connectivity index (χ4v) is 6.09. The second kappa shape index (κ2) is 12.6. The highest BCUT2D eigenvalue weighted by Crippen LogP contribution is 2.34. The summed E-state index contributed by atoms with van der Waals surface area (Å²) in [6.45, 7) is 6.43. The van der Waals surface area contributed by atoms with Crippen LogP contribution in [-0.4, -0.2) is 75.7 Å². The van der Waals surface area contributed by atoms with Gasteiger partial charge in [0.05, 0.1) is 24.7 Å². The van der Waals surface area contributed by atoms with Crippen molar-refractivity contribution < 1.29 is 13.2 Å². The van der Waals surface area contributed by atoms with Gasteiger partial charge < -0.3 is 25.6 Å². The molecule has 2 aromatic carbocycles. The van der Waals surface area contributed by atoms with Gasteiger partial charge in [0.2, 0.25) is 16.0 Å². The van der Waals surface area contributed by atoms with Crippen molar-refractivity contribution in [3.63, 3.8) is 0 Å². The molecule has 1 aromatic heterocycles. The van der Waals surface area contributed by atoms with Crippen LogP contribution in [-0.2, 0) is 15.8 Å². The monoisotopic (exact) mass is 586 g/mol. The number of rotatable bonds is 9. The summed E-state index contributed by atoms with van der Waals surface area (Å²) >= 11 is 6.37. The predicted molar refractivity (Wildman–Crippen MR) is 160 cm³/mol. The molecule has 2 aliphatic heterocycles. The zero-order valence-electron chi connectivity index (χ0n) is 22.4. The number of anilines is 5. The molecule has 0 aliphatic carbocycles. The lowest BCUT2D eigenvalue weighted by molar-refractivity contribution is 0.150. The first-order chi connectivity index (χ1) is 19.3. The van der Waals surface area contributed by atoms with Crippen molar-refractivity contribution in [2.45, 2.75) is 24.6 Å². The Bertz CT molecular complexity index is 1430. The number of halogens is 1. The maximum Gasteiger partial charge on any atom is 0.229 e. The predicted octanol–water partition coefficient (Wildman–Crippen LogP) is 3.29. The molecule has 3 heterocycles. The van der Waals surface area contributed by atoms with Crippen molar-refractivity contribution in [2.24, 2.45) is 5.14 Å². The Kier molecular flexibility index (Phi) is 8.91. The highest BCUT2D eigenvalue weighted by atomic mass is 35.5. The van der Waals surface area contributed by atoms with Gasteiger partial charge in [-0.3, -0.25) is 4.90 Å². The number of benzene rings is 2. The number of ether oxygens (including phenoxy) is 1. The van der Waals surface area contributed by atoms with Gasteiger partial charge in [-0.05, 0) is 36.6 Å². The van der Waals surface area contributed by atoms with Crippen LogP contribution in [0.5, 0.6) is 5.75 Å². The minimum Gasteiger partial charge on any atom is -0.494 e. The van der Waals surface area contributed by atoms with Crippen LogP contribution in [0.3, 0.4) is 0 Å². The quantitative estimate of drug-likeness (QED) is 0.295. The van der Waals surface area contributed by atoms with E-state index in [1.165, 1.54) is 6.20 Å². The lowest BCUT2D eigenvalue weighted by Gasteiger charge is -2.41. The standard InChI is InChI=1S/C27H35ClN8O3S/c1-39-25-16-21(35-12-8-20(9-13-35)36-14-10-30-11-15-36)6-7-24(25)33-27-31-17-22(28)26(34-27)32-23-5-3-2-4-19(23)18-40(29,37)38/h2-7,16-17,20,30H,8-15,18H2,1H3,(H2,29,37,38)(H2,31,32,33,34). The van der Waals surface area contributed by atoms with Crippen LogP contribution in [0.4, 0.5) is 28.8 Å². The van der Waals surface area contributed by atoms with Gasteiger partial charge in [-0.15, -0.1) is 0 Å². The third-order valence-corrected chi connectivity index (χ3v) is 8.29. The Morgan fingerprint density at radius 3 is 2.55 bits per heavy atom. The molecule has 3 aromatic rings. The van der Waals surface area contributed by atoms with Crippen LogP contribution in [0.25, 0.3) is 0 Å². The van der Waals surface area contributed by atoms with Crippen molar-refractivity contribution in [1.29, 1.82) is 0 Å². The van der Waals surface area contributed by atoms with E-state index in [1.807, 2.05) is 12.1 Å². The highest BCUT2D eigenvalue weighted by molar-refractivity contribution is 7.88. The van der Waals surface area contributed by atoms with Gasteiger partial charge in [0.1, 0.15) is 10.8 Å². The first-order valence-corrected chi connectivity index (χ1v) is 15.4. The van der Waals surface area contributed by atoms with Crippen molar-refractivity contribution in [3.8, 4) is 5.75 Å². The van der Waals surface area contributed by atoms with Crippen molar-refractivity contribution >= 4 is 50.5 Å². The summed E-state index contributed by atoms with van der Waals surface area (Å²) in [6.07, 6.45) is 3.78. The summed E-state index contributed by atoms with van der Waals surface area (Å²) < 4.78 is 29.0. The second-order valence-electron chi connectivity index (χ2n) is 9.99. The average molecular weight is 587 g/mol. The van der Waals surface area contributed by atoms with Gasteiger partial charge in [0.15, 0.2) is 5.82 Å². The fraction of sp³-hybridized carbons (Fsp3) is 0.407. The van der Waals surface area contributed by atoms with Gasteiger partial charge in [-0.25, -0.2) is 18.5 Å². The molecule has 0 radical (unpaired) electrons. The average Bonchev–Trinajstić information content (AvgIpc) is 2.96. The number of hydrogen-bond donors (Lipinski definition) is 4. The molecule has 0 unspecified atom stereocenters. The molecule has 11 nitrogen and oxygen atoms in total. The largest absolute Gasteiger partial charge is 0.494 e. The molecule has 0 saturated carbocycles. The number of piperidine rings is 1. The smallest absolute Gasteiger partial charge is 0.229 e. The summed E-state index contributed by atoms with van der Waals surface area (Å²) in [5.41, 5.74) is 2.87. The van der Waals surface area contributed by atoms with Crippen LogP contribution < -0.4 is 30.7 Å². The third kappa shape index (κ3) is 7.12. The molecule has 40 heavy (non-hydrogen) atoms. The van der Waals surface area contributed by atoms with Crippen LogP contribution in [0, 0.1) is 0 Å². The van der Waals surface area contributed by atoms with Crippen molar-refractivity contribution in [3.05, 3.63) is 59.2 Å². The normalized spacial score (nSPS) is 17.0. The van der Waals surface area contributed by atoms with Gasteiger partial charge in [0, 0.05) is 62.8 Å². The molecule has 5 N–H and O–H groups in total. The number of nitrogens with zero attached hydrogens (tertiary/aromatic N) is 4. The number of para-hydroxylation sites is 1. The van der Waals surface area contributed by atoms with Gasteiger partial charge >= 0.3 is 0 Å². The molecule has 214 valence electrons. The molecular weight excluding hydrogens is 552 g/mol. The Balaban J connectivity index is 1.28. The lowest BCUT2D eigenvalue weighted by Crippen LogP contribution is -2.52. The fourth-order valence-electron chi connectivity index (χ4n) is 5.26. The molecule has 2 aliphatic rings. The minimum absolute atomic E-state index is 0.280. The van der Waals surface area contributed by atoms with Crippen molar-refractivity contribution in [2.75, 3.05) is 61.9 Å². The Morgan fingerprint density at radius 2 is 1.82 bits per heavy atom. The van der Waals surface area contributed by atoms with Crippen LogP contribution in [0.1, 0.15) is 18.4 Å². The molecule has 2 saturated heterocycles. The van der Waals surface area contributed by atoms with Crippen LogP contribution in [0.15, 0.2) is 48.7 Å². The molecule has 0 spiro atoms. The number of nitrogens with two attached hydrogens (primary N) is 1.